The maximum Gasteiger partial charge on any atom is 0 e. The van der Waals surface area contributed by atoms with Gasteiger partial charge in [-0.25, -0.2) is 0 Å². The fourth-order valence-corrected chi connectivity index (χ4v) is 55.2. The molecule has 400 valence electrons. The van der Waals surface area contributed by atoms with Gasteiger partial charge < -0.3 is 0 Å². The number of rotatable bonds is 16. The summed E-state index contributed by atoms with van der Waals surface area (Å²) in [5, 5.41) is 10.6. The van der Waals surface area contributed by atoms with Crippen LogP contribution in [-0.4, -0.2) is 107 Å². The molecule has 0 aromatic heterocycles. The van der Waals surface area contributed by atoms with Gasteiger partial charge in [0.05, 0.1) is 0 Å². The molecule has 8 aromatic rings. The molecule has 8 rings (SSSR count). The van der Waals surface area contributed by atoms with E-state index in [-0.39, 0.29) is 34.1 Å². The van der Waals surface area contributed by atoms with Crippen LogP contribution in [0.15, 0.2) is 260 Å². The average Bonchev–Trinajstić information content (AvgIpc) is 3.53. The SMILES string of the molecule is C[Si](C)(C)N=P([C](=[Ge])P(=N[Si](C)(C)C)(c1ccccc1)c1ccccc1)(c1ccccc1)c1ccccc1.C[Si](C)(C)N=P([C](=[Ge])P(=N[Si](C)(C)C)(c1ccccc1)c1ccccc1)(c1ccccc1)c1ccccc1.[Se].[Se]. The van der Waals surface area contributed by atoms with Gasteiger partial charge in [0.25, 0.3) is 0 Å². The summed E-state index contributed by atoms with van der Waals surface area (Å²) in [6.45, 7) is 28.5. The first-order chi connectivity index (χ1) is 36.0. The van der Waals surface area contributed by atoms with E-state index in [4.69, 9.17) is 17.6 Å². The van der Waals surface area contributed by atoms with Crippen molar-refractivity contribution in [2.45, 2.75) is 78.6 Å². The number of benzene rings is 8. The molecule has 78 heavy (non-hydrogen) atoms. The van der Waals surface area contributed by atoms with Crippen molar-refractivity contribution in [3.8, 4) is 0 Å². The topological polar surface area (TPSA) is 49.4 Å². The third-order valence-corrected chi connectivity index (χ3v) is 48.9. The van der Waals surface area contributed by atoms with Crippen LogP contribution in [0.2, 0.25) is 78.6 Å². The van der Waals surface area contributed by atoms with Crippen LogP contribution in [0.3, 0.4) is 0 Å². The largest absolute Gasteiger partial charge is 0 e. The summed E-state index contributed by atoms with van der Waals surface area (Å²) in [4.78, 5) is 0. The van der Waals surface area contributed by atoms with Gasteiger partial charge in [0, 0.05) is 34.1 Å². The van der Waals surface area contributed by atoms with E-state index < -0.39 is 61.2 Å². The van der Waals surface area contributed by atoms with Crippen molar-refractivity contribution in [3.05, 3.63) is 243 Å². The molecule has 0 fully saturated rings. The average molecular weight is 1420 g/mol. The Labute approximate surface area is 511 Å². The molecule has 0 aliphatic carbocycles. The van der Waals surface area contributed by atoms with E-state index in [0.717, 1.165) is 0 Å². The molecule has 0 spiro atoms. The van der Waals surface area contributed by atoms with Gasteiger partial charge in [0.2, 0.25) is 0 Å². The van der Waals surface area contributed by atoms with Crippen molar-refractivity contribution in [2.75, 3.05) is 0 Å². The molecule has 0 N–H and O–H groups in total. The Morgan fingerprint density at radius 2 is 0.333 bits per heavy atom. The number of nitrogens with zero attached hydrogens (tertiary/aromatic N) is 4. The summed E-state index contributed by atoms with van der Waals surface area (Å²) in [5.74, 6) is 0. The van der Waals surface area contributed by atoms with Crippen LogP contribution in [-0.2, 0) is 0 Å². The molecule has 0 amide bonds. The van der Waals surface area contributed by atoms with Crippen molar-refractivity contribution < 1.29 is 0 Å². The predicted octanol–water partition coefficient (Wildman–Crippen LogP) is 14.5. The minimum Gasteiger partial charge on any atom is 0 e. The second kappa shape index (κ2) is 28.1. The number of hydrogen-bond donors (Lipinski definition) is 0. The van der Waals surface area contributed by atoms with Gasteiger partial charge in [-0.1, -0.05) is 0 Å². The van der Waals surface area contributed by atoms with Crippen molar-refractivity contribution in [3.63, 3.8) is 0 Å². The van der Waals surface area contributed by atoms with Crippen LogP contribution >= 0.6 is 28.2 Å². The Hall–Kier alpha value is -2.59. The monoisotopic (exact) mass is 1420 g/mol. The number of hydrogen-bond acceptors (Lipinski definition) is 4. The molecule has 16 heteroatoms. The zero-order chi connectivity index (χ0) is 54.9. The van der Waals surface area contributed by atoms with Crippen molar-refractivity contribution in [1.82, 2.24) is 0 Å². The van der Waals surface area contributed by atoms with Gasteiger partial charge in [-0.2, -0.15) is 0 Å². The minimum absolute atomic E-state index is 0. The van der Waals surface area contributed by atoms with Gasteiger partial charge in [0.1, 0.15) is 0 Å². The Bertz CT molecular complexity index is 2830. The van der Waals surface area contributed by atoms with E-state index in [9.17, 15) is 0 Å². The van der Waals surface area contributed by atoms with Gasteiger partial charge in [-0.3, -0.25) is 0 Å². The van der Waals surface area contributed by atoms with Crippen LogP contribution in [0.5, 0.6) is 0 Å². The zero-order valence-corrected chi connectivity index (χ0v) is 62.7. The molecule has 8 aromatic carbocycles. The molecule has 8 radical (unpaired) electrons. The minimum atomic E-state index is -2.37. The first kappa shape index (κ1) is 66.2. The summed E-state index contributed by atoms with van der Waals surface area (Å²) in [6.07, 6.45) is 0. The molecule has 4 nitrogen and oxygen atoms in total. The van der Waals surface area contributed by atoms with Crippen LogP contribution in [0.25, 0.3) is 0 Å². The summed E-state index contributed by atoms with van der Waals surface area (Å²) in [5.41, 5.74) is 0. The molecule has 0 heterocycles. The molecule has 0 aliphatic heterocycles. The molecular formula is C62H76Ge2N4P4Se2Si4. The van der Waals surface area contributed by atoms with Crippen molar-refractivity contribution in [2.24, 2.45) is 17.6 Å². The van der Waals surface area contributed by atoms with Gasteiger partial charge in [-0.15, -0.1) is 0 Å². The molecule has 0 saturated heterocycles. The smallest absolute Gasteiger partial charge is 0 e. The summed E-state index contributed by atoms with van der Waals surface area (Å²) in [7, 11) is -17.2. The van der Waals surface area contributed by atoms with Crippen molar-refractivity contribution >= 4 is 178 Å². The van der Waals surface area contributed by atoms with E-state index >= 15 is 0 Å². The zero-order valence-electron chi connectivity index (χ0n) is 47.5. The maximum atomic E-state index is 6.02. The first-order valence-corrected chi connectivity index (χ1v) is 49.0. The van der Waals surface area contributed by atoms with E-state index in [1.54, 1.807) is 0 Å². The second-order valence-electron chi connectivity index (χ2n) is 23.0. The Morgan fingerprint density at radius 1 is 0.231 bits per heavy atom. The standard InChI is InChI=1S/2C31H38GeN2P2Si2.2Se/c2*1-37(2,3)33-35(27-19-11-7-12-20-27,28-21-13-8-14-22-28)31(32)36(34-38(4,5)6,29-23-15-9-16-24-29)30-25-17-10-18-26-30;;/h2*7-26H,1-6H3;;. The fourth-order valence-electron chi connectivity index (χ4n) is 9.59. The molecule has 0 bridgehead atoms. The quantitative estimate of drug-likeness (QED) is 0.0684. The fraction of sp³-hybridized carbons (Fsp3) is 0.194. The third-order valence-electron chi connectivity index (χ3n) is 12.1. The predicted molar refractivity (Wildman–Crippen MR) is 372 cm³/mol. The van der Waals surface area contributed by atoms with Gasteiger partial charge >= 0.3 is 482 Å². The van der Waals surface area contributed by atoms with E-state index in [2.05, 4.69) is 353 Å². The Kier molecular flexibility index (Phi) is 23.9. The Morgan fingerprint density at radius 3 is 0.423 bits per heavy atom. The molecule has 0 aliphatic rings. The molecular weight excluding hydrogens is 1340 g/mol. The van der Waals surface area contributed by atoms with Crippen LogP contribution in [0.1, 0.15) is 0 Å². The third kappa shape index (κ3) is 15.5. The van der Waals surface area contributed by atoms with Crippen LogP contribution < -0.4 is 42.4 Å². The van der Waals surface area contributed by atoms with Crippen LogP contribution in [0, 0.1) is 0 Å². The van der Waals surface area contributed by atoms with Crippen molar-refractivity contribution in [1.29, 1.82) is 0 Å². The molecule has 0 atom stereocenters. The summed E-state index contributed by atoms with van der Waals surface area (Å²) >= 11 is 4.82. The molecule has 0 unspecified atom stereocenters. The van der Waals surface area contributed by atoms with E-state index in [0.29, 0.717) is 0 Å². The van der Waals surface area contributed by atoms with Gasteiger partial charge in [0.15, 0.2) is 0 Å². The van der Waals surface area contributed by atoms with Gasteiger partial charge in [-0.05, 0) is 0 Å². The van der Waals surface area contributed by atoms with E-state index in [1.165, 1.54) is 50.1 Å². The molecule has 0 saturated carbocycles. The first-order valence-electron chi connectivity index (χ1n) is 26.2. The maximum absolute atomic E-state index is 6.02. The van der Waals surface area contributed by atoms with Crippen LogP contribution in [0.4, 0.5) is 0 Å². The second-order valence-corrected chi connectivity index (χ2v) is 60.9. The summed E-state index contributed by atoms with van der Waals surface area (Å²) < 4.78 is 27.0. The Balaban J connectivity index is 0.000000280. The summed E-state index contributed by atoms with van der Waals surface area (Å²) in [6, 6.07) is 88.9. The normalized spacial score (nSPS) is 12.3. The van der Waals surface area contributed by atoms with E-state index in [1.807, 2.05) is 0 Å².